The average Bonchev–Trinajstić information content (AvgIpc) is 2.58. The van der Waals surface area contributed by atoms with Gasteiger partial charge in [0.05, 0.1) is 11.6 Å². The van der Waals surface area contributed by atoms with Gasteiger partial charge in [0.15, 0.2) is 6.61 Å². The van der Waals surface area contributed by atoms with Crippen LogP contribution in [0.5, 0.6) is 5.75 Å². The number of nitriles is 1. The third-order valence-corrected chi connectivity index (χ3v) is 3.98. The molecule has 1 aliphatic rings. The second-order valence-electron chi connectivity index (χ2n) is 5.71. The van der Waals surface area contributed by atoms with Gasteiger partial charge in [-0.2, -0.15) is 5.26 Å². The summed E-state index contributed by atoms with van der Waals surface area (Å²) in [5.41, 5.74) is 0.543. The highest BCUT2D eigenvalue weighted by Gasteiger charge is 2.24. The minimum atomic E-state index is -0.794. The van der Waals surface area contributed by atoms with Gasteiger partial charge in [-0.05, 0) is 49.4 Å². The number of hydrogen-bond acceptors (Lipinski definition) is 4. The van der Waals surface area contributed by atoms with E-state index in [9.17, 15) is 9.59 Å². The molecule has 1 fully saturated rings. The maximum atomic E-state index is 12.2. The second kappa shape index (κ2) is 8.18. The zero-order valence-electron chi connectivity index (χ0n) is 12.9. The molecule has 1 aromatic carbocycles. The number of aliphatic carboxylic acids is 1. The van der Waals surface area contributed by atoms with E-state index in [0.29, 0.717) is 30.8 Å². The van der Waals surface area contributed by atoms with Crippen LogP contribution >= 0.6 is 0 Å². The van der Waals surface area contributed by atoms with Crippen molar-refractivity contribution in [3.63, 3.8) is 0 Å². The summed E-state index contributed by atoms with van der Waals surface area (Å²) in [6.07, 6.45) is 2.62. The Labute approximate surface area is 135 Å². The molecule has 6 nitrogen and oxygen atoms in total. The van der Waals surface area contributed by atoms with Crippen molar-refractivity contribution < 1.29 is 19.4 Å². The van der Waals surface area contributed by atoms with Gasteiger partial charge in [0.2, 0.25) is 0 Å². The Morgan fingerprint density at radius 1 is 1.35 bits per heavy atom. The van der Waals surface area contributed by atoms with Crippen molar-refractivity contribution in [3.05, 3.63) is 29.8 Å². The highest BCUT2D eigenvalue weighted by Crippen LogP contribution is 2.21. The van der Waals surface area contributed by atoms with E-state index in [1.54, 1.807) is 29.2 Å². The Bertz CT molecular complexity index is 592. The molecule has 1 saturated heterocycles. The predicted octanol–water partition coefficient (Wildman–Crippen LogP) is 2.04. The van der Waals surface area contributed by atoms with Crippen molar-refractivity contribution in [1.29, 1.82) is 5.26 Å². The number of amides is 1. The fourth-order valence-corrected chi connectivity index (χ4v) is 2.72. The van der Waals surface area contributed by atoms with Crippen molar-refractivity contribution in [2.45, 2.75) is 25.7 Å². The number of ether oxygens (including phenoxy) is 1. The lowest BCUT2D eigenvalue weighted by atomic mass is 9.93. The summed E-state index contributed by atoms with van der Waals surface area (Å²) in [4.78, 5) is 24.6. The number of rotatable bonds is 6. The summed E-state index contributed by atoms with van der Waals surface area (Å²) in [7, 11) is 0. The maximum Gasteiger partial charge on any atom is 0.303 e. The Kier molecular flexibility index (Phi) is 5.98. The first-order chi connectivity index (χ1) is 11.1. The topological polar surface area (TPSA) is 90.6 Å². The number of piperidine rings is 1. The molecule has 6 heteroatoms. The van der Waals surface area contributed by atoms with E-state index in [2.05, 4.69) is 0 Å². The van der Waals surface area contributed by atoms with Crippen LogP contribution in [0.3, 0.4) is 0 Å². The van der Waals surface area contributed by atoms with Gasteiger partial charge in [-0.25, -0.2) is 0 Å². The minimum absolute atomic E-state index is 0.0441. The first kappa shape index (κ1) is 16.8. The Morgan fingerprint density at radius 3 is 2.74 bits per heavy atom. The van der Waals surface area contributed by atoms with Crippen LogP contribution < -0.4 is 4.74 Å². The summed E-state index contributed by atoms with van der Waals surface area (Å²) >= 11 is 0. The van der Waals surface area contributed by atoms with Crippen LogP contribution in [-0.4, -0.2) is 41.6 Å². The lowest BCUT2D eigenvalue weighted by Gasteiger charge is -2.32. The highest BCUT2D eigenvalue weighted by molar-refractivity contribution is 5.77. The first-order valence-corrected chi connectivity index (χ1v) is 7.71. The number of likely N-dealkylation sites (tertiary alicyclic amines) is 1. The summed E-state index contributed by atoms with van der Waals surface area (Å²) < 4.78 is 5.46. The van der Waals surface area contributed by atoms with Crippen LogP contribution in [0.25, 0.3) is 0 Å². The normalized spacial score (nSPS) is 17.3. The molecule has 0 bridgehead atoms. The largest absolute Gasteiger partial charge is 0.484 e. The fourth-order valence-electron chi connectivity index (χ4n) is 2.72. The van der Waals surface area contributed by atoms with Gasteiger partial charge < -0.3 is 14.7 Å². The quantitative estimate of drug-likeness (QED) is 0.867. The highest BCUT2D eigenvalue weighted by atomic mass is 16.5. The van der Waals surface area contributed by atoms with Crippen molar-refractivity contribution in [1.82, 2.24) is 4.90 Å². The van der Waals surface area contributed by atoms with Crippen molar-refractivity contribution in [2.75, 3.05) is 19.7 Å². The van der Waals surface area contributed by atoms with Crippen LogP contribution in [0.15, 0.2) is 24.3 Å². The van der Waals surface area contributed by atoms with E-state index >= 15 is 0 Å². The first-order valence-electron chi connectivity index (χ1n) is 7.71. The van der Waals surface area contributed by atoms with E-state index in [0.717, 1.165) is 12.8 Å². The molecular formula is C17H20N2O4. The smallest absolute Gasteiger partial charge is 0.303 e. The molecule has 0 spiro atoms. The summed E-state index contributed by atoms with van der Waals surface area (Å²) in [5, 5.41) is 17.5. The van der Waals surface area contributed by atoms with Gasteiger partial charge in [-0.3, -0.25) is 9.59 Å². The molecule has 1 aliphatic heterocycles. The molecule has 0 saturated carbocycles. The predicted molar refractivity (Wildman–Crippen MR) is 82.8 cm³/mol. The Morgan fingerprint density at radius 2 is 2.09 bits per heavy atom. The molecule has 1 amide bonds. The lowest BCUT2D eigenvalue weighted by molar-refractivity contribution is -0.137. The number of carboxylic acid groups (broad SMARTS) is 1. The summed E-state index contributed by atoms with van der Waals surface area (Å²) in [6.45, 7) is 1.25. The maximum absolute atomic E-state index is 12.2. The second-order valence-corrected chi connectivity index (χ2v) is 5.71. The number of carbonyl (C=O) groups is 2. The Hall–Kier alpha value is -2.55. The van der Waals surface area contributed by atoms with Gasteiger partial charge >= 0.3 is 5.97 Å². The zero-order chi connectivity index (χ0) is 16.7. The third-order valence-electron chi connectivity index (χ3n) is 3.98. The van der Waals surface area contributed by atoms with Crippen LogP contribution in [0.4, 0.5) is 0 Å². The molecule has 122 valence electrons. The van der Waals surface area contributed by atoms with Crippen LogP contribution in [0, 0.1) is 17.2 Å². The number of carbonyl (C=O) groups excluding carboxylic acids is 1. The van der Waals surface area contributed by atoms with E-state index < -0.39 is 5.97 Å². The van der Waals surface area contributed by atoms with E-state index in [-0.39, 0.29) is 24.9 Å². The number of hydrogen-bond donors (Lipinski definition) is 1. The van der Waals surface area contributed by atoms with E-state index in [1.165, 1.54) is 0 Å². The van der Waals surface area contributed by atoms with E-state index in [4.69, 9.17) is 15.1 Å². The van der Waals surface area contributed by atoms with Crippen LogP contribution in [0.1, 0.15) is 31.2 Å². The molecule has 1 N–H and O–H groups in total. The summed E-state index contributed by atoms with van der Waals surface area (Å²) in [5.74, 6) is -0.0810. The molecule has 0 aromatic heterocycles. The molecule has 2 rings (SSSR count). The van der Waals surface area contributed by atoms with E-state index in [1.807, 2.05) is 6.07 Å². The van der Waals surface area contributed by atoms with Crippen molar-refractivity contribution >= 4 is 11.9 Å². The molecule has 23 heavy (non-hydrogen) atoms. The third kappa shape index (κ3) is 5.29. The minimum Gasteiger partial charge on any atom is -0.484 e. The lowest BCUT2D eigenvalue weighted by Crippen LogP contribution is -2.42. The van der Waals surface area contributed by atoms with Gasteiger partial charge in [0, 0.05) is 19.5 Å². The van der Waals surface area contributed by atoms with Crippen LogP contribution in [0.2, 0.25) is 0 Å². The fraction of sp³-hybridized carbons (Fsp3) is 0.471. The van der Waals surface area contributed by atoms with Gasteiger partial charge in [-0.1, -0.05) is 0 Å². The SMILES string of the molecule is N#Cc1ccc(OCC(=O)N2CCC[C@@H](CCC(=O)O)C2)cc1. The molecule has 1 heterocycles. The number of carboxylic acids is 1. The average molecular weight is 316 g/mol. The molecule has 1 aromatic rings. The molecule has 0 aliphatic carbocycles. The number of benzene rings is 1. The summed E-state index contributed by atoms with van der Waals surface area (Å²) in [6, 6.07) is 8.63. The van der Waals surface area contributed by atoms with Crippen molar-refractivity contribution in [3.8, 4) is 11.8 Å². The standard InChI is InChI=1S/C17H20N2O4/c18-10-13-3-6-15(7-4-13)23-12-16(20)19-9-1-2-14(11-19)5-8-17(21)22/h3-4,6-7,14H,1-2,5,8-9,11-12H2,(H,21,22)/t14-/m0/s1. The molecule has 0 radical (unpaired) electrons. The number of nitrogens with zero attached hydrogens (tertiary/aromatic N) is 2. The van der Waals surface area contributed by atoms with Gasteiger partial charge in [-0.15, -0.1) is 0 Å². The molecular weight excluding hydrogens is 296 g/mol. The van der Waals surface area contributed by atoms with Gasteiger partial charge in [0.25, 0.3) is 5.91 Å². The molecule has 1 atom stereocenters. The molecule has 0 unspecified atom stereocenters. The Balaban J connectivity index is 1.80. The van der Waals surface area contributed by atoms with Crippen LogP contribution in [-0.2, 0) is 9.59 Å². The monoisotopic (exact) mass is 316 g/mol. The zero-order valence-corrected chi connectivity index (χ0v) is 12.9. The van der Waals surface area contributed by atoms with Gasteiger partial charge in [0.1, 0.15) is 5.75 Å². The van der Waals surface area contributed by atoms with Crippen molar-refractivity contribution in [2.24, 2.45) is 5.92 Å².